The van der Waals surface area contributed by atoms with Crippen LogP contribution in [0.4, 0.5) is 5.82 Å². The van der Waals surface area contributed by atoms with Gasteiger partial charge in [-0.2, -0.15) is 10.4 Å². The lowest BCUT2D eigenvalue weighted by Crippen LogP contribution is -2.11. The number of nitriles is 1. The smallest absolute Gasteiger partial charge is 0.142 e. The third-order valence-electron chi connectivity index (χ3n) is 4.49. The van der Waals surface area contributed by atoms with Crippen LogP contribution in [0.1, 0.15) is 17.7 Å². The highest BCUT2D eigenvalue weighted by atomic mass is 16.3. The van der Waals surface area contributed by atoms with E-state index in [1.54, 1.807) is 24.3 Å². The van der Waals surface area contributed by atoms with Crippen molar-refractivity contribution in [3.05, 3.63) is 47.7 Å². The van der Waals surface area contributed by atoms with Crippen LogP contribution in [-0.2, 0) is 13.1 Å². The number of anilines is 1. The molecule has 1 aliphatic heterocycles. The predicted octanol–water partition coefficient (Wildman–Crippen LogP) is 2.26. The van der Waals surface area contributed by atoms with Gasteiger partial charge in [0.25, 0.3) is 0 Å². The standard InChI is InChI=1S/C19H18N6O/c20-10-16-15(18-8-13-11-22-6-1-7-25(13)24-18)9-17(23-19(16)21)12-2-4-14(26)5-3-12/h2-5,8-9,22,26H,1,6-7,11H2,(H2,21,23). The molecule has 0 aliphatic carbocycles. The molecule has 4 rings (SSSR count). The number of aromatic hydroxyl groups is 1. The number of phenolic OH excluding ortho intramolecular Hbond substituents is 1. The predicted molar refractivity (Wildman–Crippen MR) is 98.0 cm³/mol. The first-order chi connectivity index (χ1) is 12.7. The number of hydrogen-bond donors (Lipinski definition) is 3. The van der Waals surface area contributed by atoms with Crippen molar-refractivity contribution >= 4 is 5.82 Å². The summed E-state index contributed by atoms with van der Waals surface area (Å²) in [7, 11) is 0. The third-order valence-corrected chi connectivity index (χ3v) is 4.49. The molecule has 130 valence electrons. The van der Waals surface area contributed by atoms with Crippen LogP contribution in [0, 0.1) is 11.3 Å². The number of rotatable bonds is 2. The van der Waals surface area contributed by atoms with E-state index in [0.717, 1.165) is 43.0 Å². The SMILES string of the molecule is N#Cc1c(-c2cc3n(n2)CCCNC3)cc(-c2ccc(O)cc2)nc1N. The number of phenols is 1. The molecule has 0 spiro atoms. The molecule has 0 fully saturated rings. The molecular weight excluding hydrogens is 328 g/mol. The summed E-state index contributed by atoms with van der Waals surface area (Å²) >= 11 is 0. The van der Waals surface area contributed by atoms with Crippen molar-refractivity contribution < 1.29 is 5.11 Å². The Morgan fingerprint density at radius 3 is 2.77 bits per heavy atom. The van der Waals surface area contributed by atoms with Gasteiger partial charge in [0.15, 0.2) is 0 Å². The minimum absolute atomic E-state index is 0.175. The van der Waals surface area contributed by atoms with Gasteiger partial charge in [0.2, 0.25) is 0 Å². The Hall–Kier alpha value is -3.37. The average Bonchev–Trinajstić information content (AvgIpc) is 2.92. The Balaban J connectivity index is 1.85. The van der Waals surface area contributed by atoms with Crippen LogP contribution in [0.5, 0.6) is 5.75 Å². The highest BCUT2D eigenvalue weighted by molar-refractivity contribution is 5.78. The zero-order chi connectivity index (χ0) is 18.1. The Morgan fingerprint density at radius 1 is 1.19 bits per heavy atom. The normalized spacial score (nSPS) is 13.7. The van der Waals surface area contributed by atoms with E-state index in [9.17, 15) is 10.4 Å². The topological polar surface area (TPSA) is 113 Å². The lowest BCUT2D eigenvalue weighted by Gasteiger charge is -2.08. The Kier molecular flexibility index (Phi) is 4.03. The number of nitrogen functional groups attached to an aromatic ring is 1. The van der Waals surface area contributed by atoms with E-state index in [1.165, 1.54) is 0 Å². The summed E-state index contributed by atoms with van der Waals surface area (Å²) < 4.78 is 1.98. The molecule has 2 aromatic heterocycles. The van der Waals surface area contributed by atoms with E-state index in [4.69, 9.17) is 5.73 Å². The van der Waals surface area contributed by atoms with Crippen LogP contribution < -0.4 is 11.1 Å². The number of hydrogen-bond acceptors (Lipinski definition) is 6. The van der Waals surface area contributed by atoms with Gasteiger partial charge in [0, 0.05) is 24.2 Å². The first kappa shape index (κ1) is 16.1. The molecule has 4 N–H and O–H groups in total. The molecular formula is C19H18N6O. The first-order valence-corrected chi connectivity index (χ1v) is 8.43. The summed E-state index contributed by atoms with van der Waals surface area (Å²) in [5, 5.41) is 27.1. The molecule has 0 saturated carbocycles. The van der Waals surface area contributed by atoms with Gasteiger partial charge >= 0.3 is 0 Å². The minimum Gasteiger partial charge on any atom is -0.508 e. The summed E-state index contributed by atoms with van der Waals surface area (Å²) in [6, 6.07) is 12.7. The second kappa shape index (κ2) is 6.50. The van der Waals surface area contributed by atoms with Crippen LogP contribution in [0.25, 0.3) is 22.5 Å². The molecule has 3 heterocycles. The second-order valence-corrected chi connectivity index (χ2v) is 6.25. The number of nitrogens with two attached hydrogens (primary N) is 1. The van der Waals surface area contributed by atoms with Crippen LogP contribution in [0.15, 0.2) is 36.4 Å². The minimum atomic E-state index is 0.175. The lowest BCUT2D eigenvalue weighted by molar-refractivity contribution is 0.475. The van der Waals surface area contributed by atoms with Gasteiger partial charge in [-0.3, -0.25) is 4.68 Å². The van der Waals surface area contributed by atoms with Crippen molar-refractivity contribution in [2.45, 2.75) is 19.5 Å². The van der Waals surface area contributed by atoms with Crippen molar-refractivity contribution in [3.63, 3.8) is 0 Å². The van der Waals surface area contributed by atoms with E-state index in [1.807, 2.05) is 16.8 Å². The van der Waals surface area contributed by atoms with Gasteiger partial charge < -0.3 is 16.2 Å². The van der Waals surface area contributed by atoms with E-state index >= 15 is 0 Å². The zero-order valence-corrected chi connectivity index (χ0v) is 14.1. The number of nitrogens with zero attached hydrogens (tertiary/aromatic N) is 4. The second-order valence-electron chi connectivity index (χ2n) is 6.25. The average molecular weight is 346 g/mol. The van der Waals surface area contributed by atoms with E-state index in [0.29, 0.717) is 16.8 Å². The summed E-state index contributed by atoms with van der Waals surface area (Å²) in [4.78, 5) is 4.35. The van der Waals surface area contributed by atoms with Gasteiger partial charge in [-0.05, 0) is 49.4 Å². The van der Waals surface area contributed by atoms with Gasteiger partial charge in [0.1, 0.15) is 23.2 Å². The van der Waals surface area contributed by atoms with E-state index in [-0.39, 0.29) is 11.6 Å². The zero-order valence-electron chi connectivity index (χ0n) is 14.1. The quantitative estimate of drug-likeness (QED) is 0.656. The summed E-state index contributed by atoms with van der Waals surface area (Å²) in [6.45, 7) is 2.56. The van der Waals surface area contributed by atoms with Crippen LogP contribution in [0.2, 0.25) is 0 Å². The monoisotopic (exact) mass is 346 g/mol. The van der Waals surface area contributed by atoms with Gasteiger partial charge in [-0.15, -0.1) is 0 Å². The highest BCUT2D eigenvalue weighted by Crippen LogP contribution is 2.31. The Labute approximate surface area is 150 Å². The largest absolute Gasteiger partial charge is 0.508 e. The van der Waals surface area contributed by atoms with Crippen LogP contribution >= 0.6 is 0 Å². The van der Waals surface area contributed by atoms with E-state index in [2.05, 4.69) is 21.5 Å². The van der Waals surface area contributed by atoms with Crippen molar-refractivity contribution in [1.82, 2.24) is 20.1 Å². The molecule has 7 nitrogen and oxygen atoms in total. The molecule has 3 aromatic rings. The van der Waals surface area contributed by atoms with Crippen molar-refractivity contribution in [1.29, 1.82) is 5.26 Å². The fourth-order valence-electron chi connectivity index (χ4n) is 3.16. The molecule has 0 saturated heterocycles. The van der Waals surface area contributed by atoms with Crippen LogP contribution in [0.3, 0.4) is 0 Å². The molecule has 0 radical (unpaired) electrons. The van der Waals surface area contributed by atoms with E-state index < -0.39 is 0 Å². The van der Waals surface area contributed by atoms with Crippen molar-refractivity contribution in [2.24, 2.45) is 0 Å². The summed E-state index contributed by atoms with van der Waals surface area (Å²) in [5.41, 5.74) is 10.3. The summed E-state index contributed by atoms with van der Waals surface area (Å²) in [6.07, 6.45) is 1.01. The number of fused-ring (bicyclic) bond motifs is 1. The molecule has 0 amide bonds. The summed E-state index contributed by atoms with van der Waals surface area (Å²) in [5.74, 6) is 0.357. The Bertz CT molecular complexity index is 977. The molecule has 0 unspecified atom stereocenters. The van der Waals surface area contributed by atoms with Gasteiger partial charge in [-0.1, -0.05) is 0 Å². The van der Waals surface area contributed by atoms with Gasteiger partial charge in [-0.25, -0.2) is 4.98 Å². The molecule has 1 aromatic carbocycles. The molecule has 1 aliphatic rings. The van der Waals surface area contributed by atoms with Crippen molar-refractivity contribution in [3.8, 4) is 34.3 Å². The Morgan fingerprint density at radius 2 is 2.00 bits per heavy atom. The highest BCUT2D eigenvalue weighted by Gasteiger charge is 2.18. The lowest BCUT2D eigenvalue weighted by atomic mass is 10.0. The van der Waals surface area contributed by atoms with Crippen LogP contribution in [-0.4, -0.2) is 26.4 Å². The van der Waals surface area contributed by atoms with Crippen molar-refractivity contribution in [2.75, 3.05) is 12.3 Å². The fraction of sp³-hybridized carbons (Fsp3) is 0.211. The molecule has 26 heavy (non-hydrogen) atoms. The number of aromatic nitrogens is 3. The van der Waals surface area contributed by atoms with Gasteiger partial charge in [0.05, 0.1) is 17.1 Å². The first-order valence-electron chi connectivity index (χ1n) is 8.43. The third kappa shape index (κ3) is 2.87. The number of benzene rings is 1. The maximum Gasteiger partial charge on any atom is 0.142 e. The maximum absolute atomic E-state index is 9.56. The fourth-order valence-corrected chi connectivity index (χ4v) is 3.16. The maximum atomic E-state index is 9.56. The number of aryl methyl sites for hydroxylation is 1. The number of pyridine rings is 1. The number of nitrogens with one attached hydrogen (secondary N) is 1. The molecule has 7 heteroatoms. The molecule has 0 bridgehead atoms. The molecule has 0 atom stereocenters.